The van der Waals surface area contributed by atoms with Gasteiger partial charge >= 0.3 is 0 Å². The summed E-state index contributed by atoms with van der Waals surface area (Å²) in [5.41, 5.74) is 2.32. The van der Waals surface area contributed by atoms with E-state index in [0.29, 0.717) is 31.7 Å². The SMILES string of the molecule is CCn1nnc2cc(C(=O)N3CCN(C(=O)C4CCCC4)CC3)ccc21. The smallest absolute Gasteiger partial charge is 0.254 e. The van der Waals surface area contributed by atoms with Gasteiger partial charge in [-0.1, -0.05) is 18.1 Å². The van der Waals surface area contributed by atoms with Gasteiger partial charge in [-0.3, -0.25) is 9.59 Å². The molecule has 1 aromatic carbocycles. The summed E-state index contributed by atoms with van der Waals surface area (Å²) in [6.07, 6.45) is 4.38. The lowest BCUT2D eigenvalue weighted by Gasteiger charge is -2.36. The molecular formula is C19H25N5O2. The second-order valence-electron chi connectivity index (χ2n) is 7.21. The first-order valence-corrected chi connectivity index (χ1v) is 9.58. The Morgan fingerprint density at radius 1 is 1.08 bits per heavy atom. The maximum absolute atomic E-state index is 12.8. The van der Waals surface area contributed by atoms with Gasteiger partial charge in [0.15, 0.2) is 0 Å². The van der Waals surface area contributed by atoms with Crippen LogP contribution in [0.15, 0.2) is 18.2 Å². The Hall–Kier alpha value is -2.44. The molecule has 0 spiro atoms. The average molecular weight is 355 g/mol. The van der Waals surface area contributed by atoms with Crippen LogP contribution in [0.5, 0.6) is 0 Å². The molecule has 2 heterocycles. The quantitative estimate of drug-likeness (QED) is 0.843. The van der Waals surface area contributed by atoms with Gasteiger partial charge in [-0.15, -0.1) is 5.10 Å². The van der Waals surface area contributed by atoms with Crippen molar-refractivity contribution in [3.8, 4) is 0 Å². The Morgan fingerprint density at radius 3 is 2.46 bits per heavy atom. The standard InChI is InChI=1S/C19H25N5O2/c1-2-24-17-8-7-15(13-16(17)20-21-24)19(26)23-11-9-22(10-12-23)18(25)14-5-3-4-6-14/h7-8,13-14H,2-6,9-12H2,1H3. The fraction of sp³-hybridized carbons (Fsp3) is 0.579. The molecule has 138 valence electrons. The molecule has 2 aliphatic rings. The van der Waals surface area contributed by atoms with Gasteiger partial charge in [-0.25, -0.2) is 4.68 Å². The van der Waals surface area contributed by atoms with E-state index >= 15 is 0 Å². The zero-order valence-corrected chi connectivity index (χ0v) is 15.2. The number of aromatic nitrogens is 3. The molecule has 0 atom stereocenters. The zero-order chi connectivity index (χ0) is 18.1. The number of rotatable bonds is 3. The largest absolute Gasteiger partial charge is 0.339 e. The molecule has 2 amide bonds. The van der Waals surface area contributed by atoms with E-state index in [-0.39, 0.29) is 17.7 Å². The summed E-state index contributed by atoms with van der Waals surface area (Å²) in [7, 11) is 0. The summed E-state index contributed by atoms with van der Waals surface area (Å²) >= 11 is 0. The lowest BCUT2D eigenvalue weighted by molar-refractivity contribution is -0.136. The Morgan fingerprint density at radius 2 is 1.77 bits per heavy atom. The van der Waals surface area contributed by atoms with Crippen LogP contribution in [0.3, 0.4) is 0 Å². The number of nitrogens with zero attached hydrogens (tertiary/aromatic N) is 5. The summed E-state index contributed by atoms with van der Waals surface area (Å²) in [6.45, 7) is 5.22. The van der Waals surface area contributed by atoms with Crippen molar-refractivity contribution in [1.29, 1.82) is 0 Å². The molecule has 1 aromatic heterocycles. The topological polar surface area (TPSA) is 71.3 Å². The average Bonchev–Trinajstić information content (AvgIpc) is 3.36. The Kier molecular flexibility index (Phi) is 4.61. The van der Waals surface area contributed by atoms with Crippen LogP contribution in [-0.2, 0) is 11.3 Å². The van der Waals surface area contributed by atoms with Crippen molar-refractivity contribution in [1.82, 2.24) is 24.8 Å². The van der Waals surface area contributed by atoms with Crippen molar-refractivity contribution in [2.45, 2.75) is 39.2 Å². The van der Waals surface area contributed by atoms with Crippen LogP contribution in [0.2, 0.25) is 0 Å². The van der Waals surface area contributed by atoms with E-state index in [2.05, 4.69) is 10.3 Å². The van der Waals surface area contributed by atoms with Gasteiger partial charge in [0.25, 0.3) is 5.91 Å². The molecule has 2 fully saturated rings. The third-order valence-corrected chi connectivity index (χ3v) is 5.64. The summed E-state index contributed by atoms with van der Waals surface area (Å²) in [6, 6.07) is 5.56. The second kappa shape index (κ2) is 7.05. The normalized spacial score (nSPS) is 18.7. The van der Waals surface area contributed by atoms with Gasteiger partial charge in [0.05, 0.1) is 5.52 Å². The fourth-order valence-corrected chi connectivity index (χ4v) is 4.08. The van der Waals surface area contributed by atoms with Gasteiger partial charge in [-0.05, 0) is 38.0 Å². The molecule has 1 aliphatic heterocycles. The summed E-state index contributed by atoms with van der Waals surface area (Å²) < 4.78 is 1.82. The summed E-state index contributed by atoms with van der Waals surface area (Å²) in [4.78, 5) is 29.1. The van der Waals surface area contributed by atoms with E-state index < -0.39 is 0 Å². The molecule has 1 saturated carbocycles. The van der Waals surface area contributed by atoms with Crippen LogP contribution < -0.4 is 0 Å². The zero-order valence-electron chi connectivity index (χ0n) is 15.2. The molecule has 0 bridgehead atoms. The highest BCUT2D eigenvalue weighted by Crippen LogP contribution is 2.27. The number of aryl methyl sites for hydroxylation is 1. The highest BCUT2D eigenvalue weighted by Gasteiger charge is 2.30. The maximum atomic E-state index is 12.8. The van der Waals surface area contributed by atoms with E-state index in [4.69, 9.17) is 0 Å². The monoisotopic (exact) mass is 355 g/mol. The van der Waals surface area contributed by atoms with Crippen LogP contribution in [-0.4, -0.2) is 62.8 Å². The van der Waals surface area contributed by atoms with Crippen molar-refractivity contribution in [2.24, 2.45) is 5.92 Å². The number of piperazine rings is 1. The minimum absolute atomic E-state index is 0.00548. The van der Waals surface area contributed by atoms with Crippen LogP contribution in [0.1, 0.15) is 43.0 Å². The lowest BCUT2D eigenvalue weighted by Crippen LogP contribution is -2.51. The predicted molar refractivity (Wildman–Crippen MR) is 97.6 cm³/mol. The first-order valence-electron chi connectivity index (χ1n) is 9.58. The molecule has 7 nitrogen and oxygen atoms in total. The van der Waals surface area contributed by atoms with Crippen molar-refractivity contribution < 1.29 is 9.59 Å². The minimum atomic E-state index is 0.00548. The van der Waals surface area contributed by atoms with E-state index in [1.807, 2.05) is 39.6 Å². The van der Waals surface area contributed by atoms with E-state index in [1.165, 1.54) is 12.8 Å². The minimum Gasteiger partial charge on any atom is -0.339 e. The molecule has 0 unspecified atom stereocenters. The summed E-state index contributed by atoms with van der Waals surface area (Å²) in [5.74, 6) is 0.499. The molecule has 0 N–H and O–H groups in total. The third-order valence-electron chi connectivity index (χ3n) is 5.64. The van der Waals surface area contributed by atoms with Gasteiger partial charge in [0.2, 0.25) is 5.91 Å². The number of carbonyl (C=O) groups is 2. The molecule has 0 radical (unpaired) electrons. The highest BCUT2D eigenvalue weighted by molar-refractivity contribution is 5.97. The Labute approximate surface area is 152 Å². The summed E-state index contributed by atoms with van der Waals surface area (Å²) in [5, 5.41) is 8.24. The number of hydrogen-bond acceptors (Lipinski definition) is 4. The van der Waals surface area contributed by atoms with E-state index in [0.717, 1.165) is 30.4 Å². The Balaban J connectivity index is 1.41. The first-order chi connectivity index (χ1) is 12.7. The predicted octanol–water partition coefficient (Wildman–Crippen LogP) is 1.93. The number of hydrogen-bond donors (Lipinski definition) is 0. The van der Waals surface area contributed by atoms with Crippen molar-refractivity contribution in [2.75, 3.05) is 26.2 Å². The molecule has 1 saturated heterocycles. The molecule has 7 heteroatoms. The number of amides is 2. The Bertz CT molecular complexity index is 816. The maximum Gasteiger partial charge on any atom is 0.254 e. The van der Waals surface area contributed by atoms with Crippen molar-refractivity contribution in [3.05, 3.63) is 23.8 Å². The van der Waals surface area contributed by atoms with Gasteiger partial charge in [0, 0.05) is 44.2 Å². The van der Waals surface area contributed by atoms with Gasteiger partial charge < -0.3 is 9.80 Å². The molecule has 4 rings (SSSR count). The van der Waals surface area contributed by atoms with Crippen LogP contribution in [0.4, 0.5) is 0 Å². The second-order valence-corrected chi connectivity index (χ2v) is 7.21. The van der Waals surface area contributed by atoms with Crippen LogP contribution in [0.25, 0.3) is 11.0 Å². The van der Waals surface area contributed by atoms with Crippen molar-refractivity contribution >= 4 is 22.8 Å². The third kappa shape index (κ3) is 3.06. The van der Waals surface area contributed by atoms with Crippen LogP contribution >= 0.6 is 0 Å². The molecule has 1 aliphatic carbocycles. The fourth-order valence-electron chi connectivity index (χ4n) is 4.08. The highest BCUT2D eigenvalue weighted by atomic mass is 16.2. The number of carbonyl (C=O) groups excluding carboxylic acids is 2. The van der Waals surface area contributed by atoms with Crippen molar-refractivity contribution in [3.63, 3.8) is 0 Å². The van der Waals surface area contributed by atoms with Gasteiger partial charge in [-0.2, -0.15) is 0 Å². The number of fused-ring (bicyclic) bond motifs is 1. The first kappa shape index (κ1) is 17.0. The molecular weight excluding hydrogens is 330 g/mol. The molecule has 2 aromatic rings. The van der Waals surface area contributed by atoms with Gasteiger partial charge in [0.1, 0.15) is 5.52 Å². The van der Waals surface area contributed by atoms with E-state index in [1.54, 1.807) is 0 Å². The molecule has 26 heavy (non-hydrogen) atoms. The van der Waals surface area contributed by atoms with Crippen LogP contribution in [0, 0.1) is 5.92 Å². The number of benzene rings is 1. The van der Waals surface area contributed by atoms with E-state index in [9.17, 15) is 9.59 Å². The lowest BCUT2D eigenvalue weighted by atomic mass is 10.1.